The van der Waals surface area contributed by atoms with Crippen LogP contribution in [0, 0.1) is 0 Å². The first-order valence-electron chi connectivity index (χ1n) is 28.8. The highest BCUT2D eigenvalue weighted by molar-refractivity contribution is 5.71. The Labute approximate surface area is 404 Å². The lowest BCUT2D eigenvalue weighted by molar-refractivity contribution is -0.167. The minimum atomic E-state index is -0.773. The maximum atomic E-state index is 12.8. The molecule has 0 saturated heterocycles. The van der Waals surface area contributed by atoms with Gasteiger partial charge in [0.25, 0.3) is 0 Å². The Morgan fingerprint density at radius 1 is 0.292 bits per heavy atom. The van der Waals surface area contributed by atoms with E-state index >= 15 is 0 Å². The smallest absolute Gasteiger partial charge is 0.306 e. The molecule has 1 atom stereocenters. The summed E-state index contributed by atoms with van der Waals surface area (Å²) in [6.07, 6.45) is 63.1. The van der Waals surface area contributed by atoms with Gasteiger partial charge < -0.3 is 14.2 Å². The molecule has 0 aromatic heterocycles. The highest BCUT2D eigenvalue weighted by Gasteiger charge is 2.19. The molecule has 0 aromatic carbocycles. The quantitative estimate of drug-likeness (QED) is 0.0262. The van der Waals surface area contributed by atoms with E-state index < -0.39 is 6.10 Å². The van der Waals surface area contributed by atoms with Crippen molar-refractivity contribution in [2.75, 3.05) is 13.2 Å². The zero-order valence-electron chi connectivity index (χ0n) is 43.8. The number of carbonyl (C=O) groups is 3. The summed E-state index contributed by atoms with van der Waals surface area (Å²) < 4.78 is 16.9. The van der Waals surface area contributed by atoms with Crippen LogP contribution in [0.15, 0.2) is 24.3 Å². The SMILES string of the molecule is CCCCCCCC/C=C\CCCCCCCCCC(=O)OC(COC(=O)CCCCCCC/C=C\CCCCCCCCCCC)COC(=O)CCCCCCCCCCCCCC. The molecule has 0 radical (unpaired) electrons. The molecule has 0 aliphatic rings. The van der Waals surface area contributed by atoms with E-state index in [9.17, 15) is 14.4 Å². The average Bonchev–Trinajstić information content (AvgIpc) is 3.30. The van der Waals surface area contributed by atoms with Gasteiger partial charge >= 0.3 is 17.9 Å². The van der Waals surface area contributed by atoms with Crippen molar-refractivity contribution in [3.05, 3.63) is 24.3 Å². The Bertz CT molecular complexity index is 1050. The summed E-state index contributed by atoms with van der Waals surface area (Å²) in [5.74, 6) is -0.866. The maximum Gasteiger partial charge on any atom is 0.306 e. The summed E-state index contributed by atoms with van der Waals surface area (Å²) in [4.78, 5) is 38.1. The van der Waals surface area contributed by atoms with E-state index in [2.05, 4.69) is 45.1 Å². The van der Waals surface area contributed by atoms with Crippen LogP contribution in [-0.4, -0.2) is 37.2 Å². The molecule has 0 rings (SSSR count). The Hall–Kier alpha value is -2.11. The van der Waals surface area contributed by atoms with Crippen LogP contribution in [0.25, 0.3) is 0 Å². The van der Waals surface area contributed by atoms with Crippen LogP contribution in [0.4, 0.5) is 0 Å². The molecule has 382 valence electrons. The lowest BCUT2D eigenvalue weighted by Gasteiger charge is -2.18. The van der Waals surface area contributed by atoms with Gasteiger partial charge in [0.15, 0.2) is 6.10 Å². The van der Waals surface area contributed by atoms with Gasteiger partial charge in [0.1, 0.15) is 13.2 Å². The van der Waals surface area contributed by atoms with Crippen LogP contribution in [0.3, 0.4) is 0 Å². The summed E-state index contributed by atoms with van der Waals surface area (Å²) in [5.41, 5.74) is 0. The summed E-state index contributed by atoms with van der Waals surface area (Å²) in [5, 5.41) is 0. The standard InChI is InChI=1S/C59H110O6/c1-4-7-10-13-16-19-22-25-27-29-31-32-34-37-40-43-46-49-52-58(61)64-55-56(54-63-57(60)51-48-45-42-39-36-24-21-18-15-12-9-6-3)65-59(62)53-50-47-44-41-38-35-33-30-28-26-23-20-17-14-11-8-5-2/h26,28,31-32,56H,4-25,27,29-30,33-55H2,1-3H3/b28-26-,32-31-. The molecule has 0 amide bonds. The van der Waals surface area contributed by atoms with Crippen molar-refractivity contribution in [3.8, 4) is 0 Å². The van der Waals surface area contributed by atoms with Crippen molar-refractivity contribution < 1.29 is 28.6 Å². The van der Waals surface area contributed by atoms with Crippen molar-refractivity contribution in [3.63, 3.8) is 0 Å². The largest absolute Gasteiger partial charge is 0.462 e. The van der Waals surface area contributed by atoms with E-state index in [0.717, 1.165) is 64.2 Å². The Balaban J connectivity index is 4.33. The maximum absolute atomic E-state index is 12.8. The molecule has 0 spiro atoms. The summed E-state index contributed by atoms with van der Waals surface area (Å²) in [7, 11) is 0. The molecule has 0 fully saturated rings. The van der Waals surface area contributed by atoms with Gasteiger partial charge in [-0.2, -0.15) is 0 Å². The second-order valence-corrected chi connectivity index (χ2v) is 19.6. The summed E-state index contributed by atoms with van der Waals surface area (Å²) >= 11 is 0. The third kappa shape index (κ3) is 52.7. The monoisotopic (exact) mass is 915 g/mol. The van der Waals surface area contributed by atoms with Crippen LogP contribution < -0.4 is 0 Å². The van der Waals surface area contributed by atoms with Gasteiger partial charge in [0, 0.05) is 19.3 Å². The van der Waals surface area contributed by atoms with Gasteiger partial charge in [-0.3, -0.25) is 14.4 Å². The van der Waals surface area contributed by atoms with E-state index in [1.807, 2.05) is 0 Å². The van der Waals surface area contributed by atoms with Gasteiger partial charge in [0.05, 0.1) is 0 Å². The molecule has 0 saturated carbocycles. The van der Waals surface area contributed by atoms with Gasteiger partial charge in [-0.1, -0.05) is 251 Å². The molecule has 0 heterocycles. The lowest BCUT2D eigenvalue weighted by Crippen LogP contribution is -2.30. The third-order valence-corrected chi connectivity index (χ3v) is 12.9. The summed E-state index contributed by atoms with van der Waals surface area (Å²) in [6.45, 7) is 6.66. The number of hydrogen-bond acceptors (Lipinski definition) is 6. The number of rotatable bonds is 53. The highest BCUT2D eigenvalue weighted by Crippen LogP contribution is 2.16. The fourth-order valence-electron chi connectivity index (χ4n) is 8.55. The second-order valence-electron chi connectivity index (χ2n) is 19.6. The molecule has 65 heavy (non-hydrogen) atoms. The number of unbranched alkanes of at least 4 members (excludes halogenated alkanes) is 38. The Kier molecular flexibility index (Phi) is 52.7. The second kappa shape index (κ2) is 54.5. The van der Waals surface area contributed by atoms with E-state index in [-0.39, 0.29) is 31.1 Å². The zero-order chi connectivity index (χ0) is 47.2. The summed E-state index contributed by atoms with van der Waals surface area (Å²) in [6, 6.07) is 0. The Morgan fingerprint density at radius 2 is 0.508 bits per heavy atom. The number of hydrogen-bond donors (Lipinski definition) is 0. The molecular weight excluding hydrogens is 805 g/mol. The van der Waals surface area contributed by atoms with Crippen LogP contribution in [-0.2, 0) is 28.6 Å². The molecule has 0 aromatic rings. The van der Waals surface area contributed by atoms with Crippen LogP contribution in [0.1, 0.15) is 316 Å². The third-order valence-electron chi connectivity index (χ3n) is 12.9. The zero-order valence-corrected chi connectivity index (χ0v) is 43.8. The molecule has 0 aliphatic heterocycles. The molecular formula is C59H110O6. The van der Waals surface area contributed by atoms with E-state index in [4.69, 9.17) is 14.2 Å². The molecule has 0 N–H and O–H groups in total. The fraction of sp³-hybridized carbons (Fsp3) is 0.881. The first-order valence-corrected chi connectivity index (χ1v) is 28.8. The Morgan fingerprint density at radius 3 is 0.769 bits per heavy atom. The molecule has 6 nitrogen and oxygen atoms in total. The van der Waals surface area contributed by atoms with Crippen LogP contribution in [0.2, 0.25) is 0 Å². The fourth-order valence-corrected chi connectivity index (χ4v) is 8.55. The normalized spacial score (nSPS) is 12.1. The van der Waals surface area contributed by atoms with Crippen molar-refractivity contribution >= 4 is 17.9 Å². The number of carbonyl (C=O) groups excluding carboxylic acids is 3. The van der Waals surface area contributed by atoms with Crippen LogP contribution >= 0.6 is 0 Å². The van der Waals surface area contributed by atoms with Crippen molar-refractivity contribution in [2.45, 2.75) is 322 Å². The van der Waals surface area contributed by atoms with Crippen LogP contribution in [0.5, 0.6) is 0 Å². The van der Waals surface area contributed by atoms with Gasteiger partial charge in [0.2, 0.25) is 0 Å². The van der Waals surface area contributed by atoms with Crippen molar-refractivity contribution in [1.82, 2.24) is 0 Å². The predicted octanol–water partition coefficient (Wildman–Crippen LogP) is 19.1. The van der Waals surface area contributed by atoms with Gasteiger partial charge in [-0.15, -0.1) is 0 Å². The molecule has 1 unspecified atom stereocenters. The van der Waals surface area contributed by atoms with Gasteiger partial charge in [-0.05, 0) is 70.6 Å². The average molecular weight is 916 g/mol. The number of allylic oxidation sites excluding steroid dienone is 4. The number of ether oxygens (including phenoxy) is 3. The predicted molar refractivity (Wildman–Crippen MR) is 279 cm³/mol. The molecule has 6 heteroatoms. The lowest BCUT2D eigenvalue weighted by atomic mass is 10.0. The molecule has 0 aliphatic carbocycles. The minimum Gasteiger partial charge on any atom is -0.462 e. The first kappa shape index (κ1) is 62.9. The van der Waals surface area contributed by atoms with Crippen molar-refractivity contribution in [2.24, 2.45) is 0 Å². The number of esters is 3. The van der Waals surface area contributed by atoms with E-state index in [0.29, 0.717) is 19.3 Å². The van der Waals surface area contributed by atoms with Crippen molar-refractivity contribution in [1.29, 1.82) is 0 Å². The first-order chi connectivity index (χ1) is 32.0. The van der Waals surface area contributed by atoms with E-state index in [1.165, 1.54) is 212 Å². The minimum absolute atomic E-state index is 0.0714. The molecule has 0 bridgehead atoms. The van der Waals surface area contributed by atoms with Gasteiger partial charge in [-0.25, -0.2) is 0 Å². The highest BCUT2D eigenvalue weighted by atomic mass is 16.6. The van der Waals surface area contributed by atoms with E-state index in [1.54, 1.807) is 0 Å². The topological polar surface area (TPSA) is 78.9 Å².